The Balaban J connectivity index is 1.32. The molecule has 0 saturated heterocycles. The molecule has 156 valence electrons. The summed E-state index contributed by atoms with van der Waals surface area (Å²) in [6.07, 6.45) is 3.28. The average molecular weight is 422 g/mol. The number of amidine groups is 1. The van der Waals surface area contributed by atoms with E-state index in [9.17, 15) is 4.79 Å². The number of carbonyl (C=O) groups is 1. The number of anilines is 2. The summed E-state index contributed by atoms with van der Waals surface area (Å²) in [6, 6.07) is 16.3. The molecule has 0 saturated carbocycles. The minimum Gasteiger partial charge on any atom is -0.362 e. The van der Waals surface area contributed by atoms with Crippen LogP contribution in [0.5, 0.6) is 0 Å². The molecule has 0 bridgehead atoms. The number of nitrogens with zero attached hydrogens (tertiary/aromatic N) is 3. The van der Waals surface area contributed by atoms with E-state index in [-0.39, 0.29) is 5.91 Å². The molecule has 1 amide bonds. The Labute approximate surface area is 181 Å². The minimum atomic E-state index is -0.100. The second kappa shape index (κ2) is 9.80. The zero-order chi connectivity index (χ0) is 20.8. The molecule has 2 heterocycles. The van der Waals surface area contributed by atoms with Crippen molar-refractivity contribution in [3.8, 4) is 0 Å². The maximum Gasteiger partial charge on any atom is 0.259 e. The Morgan fingerprint density at radius 3 is 2.80 bits per heavy atom. The molecule has 0 fully saturated rings. The number of fused-ring (bicyclic) bond motifs is 1. The van der Waals surface area contributed by atoms with Crippen molar-refractivity contribution >= 4 is 39.9 Å². The Bertz CT molecular complexity index is 954. The van der Waals surface area contributed by atoms with Gasteiger partial charge in [0.05, 0.1) is 12.3 Å². The monoisotopic (exact) mass is 421 g/mol. The zero-order valence-corrected chi connectivity index (χ0v) is 18.0. The molecule has 2 aromatic rings. The van der Waals surface area contributed by atoms with Gasteiger partial charge in [-0.3, -0.25) is 9.79 Å². The molecule has 6 nitrogen and oxygen atoms in total. The standard InChI is InChI=1S/C23H27N5OS/c1-17(18-9-11-20(12-10-18)25-23-24-13-5-15-30-23)26-27-22(29)16-28-14-4-7-19-6-2-3-8-21(19)28/h2-3,6,8-12H,4-5,7,13-16H2,1H3,(H,24,25)(H,27,29)/b26-17-. The molecule has 0 aliphatic carbocycles. The van der Waals surface area contributed by atoms with E-state index in [0.29, 0.717) is 6.54 Å². The van der Waals surface area contributed by atoms with Crippen LogP contribution in [0.1, 0.15) is 30.9 Å². The lowest BCUT2D eigenvalue weighted by Crippen LogP contribution is -2.38. The predicted octanol–water partition coefficient (Wildman–Crippen LogP) is 3.88. The van der Waals surface area contributed by atoms with Crippen LogP contribution in [0, 0.1) is 0 Å². The first kappa shape index (κ1) is 20.5. The molecule has 0 atom stereocenters. The Morgan fingerprint density at radius 2 is 2.00 bits per heavy atom. The summed E-state index contributed by atoms with van der Waals surface area (Å²) >= 11 is 1.75. The molecule has 0 aromatic heterocycles. The van der Waals surface area contributed by atoms with Gasteiger partial charge in [0.15, 0.2) is 5.17 Å². The second-order valence-electron chi connectivity index (χ2n) is 7.48. The number of hydrogen-bond donors (Lipinski definition) is 2. The van der Waals surface area contributed by atoms with Gasteiger partial charge in [0.2, 0.25) is 0 Å². The van der Waals surface area contributed by atoms with Gasteiger partial charge >= 0.3 is 0 Å². The van der Waals surface area contributed by atoms with E-state index in [1.807, 2.05) is 37.3 Å². The first-order valence-corrected chi connectivity index (χ1v) is 11.4. The molecule has 2 aliphatic rings. The number of nitrogens with one attached hydrogen (secondary N) is 2. The van der Waals surface area contributed by atoms with Gasteiger partial charge in [-0.1, -0.05) is 42.1 Å². The van der Waals surface area contributed by atoms with Crippen LogP contribution in [0.2, 0.25) is 0 Å². The normalized spacial score (nSPS) is 16.5. The van der Waals surface area contributed by atoms with Crippen molar-refractivity contribution in [2.24, 2.45) is 10.1 Å². The third-order valence-corrected chi connectivity index (χ3v) is 6.24. The van der Waals surface area contributed by atoms with Gasteiger partial charge in [0, 0.05) is 30.2 Å². The Kier molecular flexibility index (Phi) is 6.69. The number of amides is 1. The molecular weight excluding hydrogens is 394 g/mol. The number of benzene rings is 2. The smallest absolute Gasteiger partial charge is 0.259 e. The van der Waals surface area contributed by atoms with Crippen LogP contribution >= 0.6 is 11.8 Å². The molecule has 2 N–H and O–H groups in total. The molecule has 4 rings (SSSR count). The molecular formula is C23H27N5OS. The third-order valence-electron chi connectivity index (χ3n) is 5.24. The fraction of sp³-hybridized carbons (Fsp3) is 0.348. The highest BCUT2D eigenvalue weighted by molar-refractivity contribution is 8.14. The number of aliphatic imine (C=N–C) groups is 1. The van der Waals surface area contributed by atoms with Crippen LogP contribution in [0.3, 0.4) is 0 Å². The highest BCUT2D eigenvalue weighted by atomic mass is 32.2. The van der Waals surface area contributed by atoms with Crippen LogP contribution in [0.15, 0.2) is 58.6 Å². The number of hydrazone groups is 1. The average Bonchev–Trinajstić information content (AvgIpc) is 2.79. The zero-order valence-electron chi connectivity index (χ0n) is 17.2. The van der Waals surface area contributed by atoms with Crippen molar-refractivity contribution < 1.29 is 4.79 Å². The fourth-order valence-corrected chi connectivity index (χ4v) is 4.49. The topological polar surface area (TPSA) is 69.1 Å². The SMILES string of the molecule is C/C(=N/NC(=O)CN1CCCc2ccccc21)c1ccc(NC2=NCCCS2)cc1. The van der Waals surface area contributed by atoms with Crippen LogP contribution in [-0.4, -0.2) is 42.2 Å². The van der Waals surface area contributed by atoms with Crippen molar-refractivity contribution in [1.29, 1.82) is 0 Å². The van der Waals surface area contributed by atoms with Crippen molar-refractivity contribution in [2.45, 2.75) is 26.2 Å². The van der Waals surface area contributed by atoms with Crippen molar-refractivity contribution in [2.75, 3.05) is 35.6 Å². The first-order valence-electron chi connectivity index (χ1n) is 10.4. The largest absolute Gasteiger partial charge is 0.362 e. The summed E-state index contributed by atoms with van der Waals surface area (Å²) in [5, 5.41) is 8.63. The fourth-order valence-electron chi connectivity index (χ4n) is 3.65. The van der Waals surface area contributed by atoms with E-state index < -0.39 is 0 Å². The molecule has 2 aromatic carbocycles. The van der Waals surface area contributed by atoms with Gasteiger partial charge in [0.1, 0.15) is 0 Å². The highest BCUT2D eigenvalue weighted by Gasteiger charge is 2.18. The Hall–Kier alpha value is -2.80. The molecule has 0 radical (unpaired) electrons. The lowest BCUT2D eigenvalue weighted by Gasteiger charge is -2.30. The molecule has 2 aliphatic heterocycles. The van der Waals surface area contributed by atoms with E-state index in [2.05, 4.69) is 43.9 Å². The van der Waals surface area contributed by atoms with Gasteiger partial charge in [-0.05, 0) is 55.5 Å². The van der Waals surface area contributed by atoms with Crippen LogP contribution in [-0.2, 0) is 11.2 Å². The summed E-state index contributed by atoms with van der Waals surface area (Å²) in [7, 11) is 0. The molecule has 0 unspecified atom stereocenters. The van der Waals surface area contributed by atoms with Gasteiger partial charge in [-0.15, -0.1) is 0 Å². The van der Waals surface area contributed by atoms with E-state index in [1.54, 1.807) is 11.8 Å². The summed E-state index contributed by atoms with van der Waals surface area (Å²) in [4.78, 5) is 19.1. The van der Waals surface area contributed by atoms with Gasteiger partial charge < -0.3 is 10.2 Å². The van der Waals surface area contributed by atoms with Crippen LogP contribution in [0.25, 0.3) is 0 Å². The quantitative estimate of drug-likeness (QED) is 0.568. The maximum atomic E-state index is 12.4. The molecule has 7 heteroatoms. The first-order chi connectivity index (χ1) is 14.7. The van der Waals surface area contributed by atoms with Gasteiger partial charge in [-0.2, -0.15) is 5.10 Å². The van der Waals surface area contributed by atoms with Gasteiger partial charge in [-0.25, -0.2) is 5.43 Å². The minimum absolute atomic E-state index is 0.100. The summed E-state index contributed by atoms with van der Waals surface area (Å²) in [6.45, 7) is 4.00. The Morgan fingerprint density at radius 1 is 1.17 bits per heavy atom. The van der Waals surface area contributed by atoms with E-state index in [0.717, 1.165) is 65.9 Å². The highest BCUT2D eigenvalue weighted by Crippen LogP contribution is 2.26. The van der Waals surface area contributed by atoms with Crippen LogP contribution in [0.4, 0.5) is 11.4 Å². The van der Waals surface area contributed by atoms with Crippen molar-refractivity contribution in [3.05, 3.63) is 59.7 Å². The van der Waals surface area contributed by atoms with Gasteiger partial charge in [0.25, 0.3) is 5.91 Å². The van der Waals surface area contributed by atoms with Crippen LogP contribution < -0.4 is 15.6 Å². The number of hydrogen-bond acceptors (Lipinski definition) is 6. The molecule has 30 heavy (non-hydrogen) atoms. The second-order valence-corrected chi connectivity index (χ2v) is 8.56. The summed E-state index contributed by atoms with van der Waals surface area (Å²) in [5.74, 6) is 1.01. The number of carbonyl (C=O) groups excluding carboxylic acids is 1. The van der Waals surface area contributed by atoms with E-state index >= 15 is 0 Å². The van der Waals surface area contributed by atoms with Crippen molar-refractivity contribution in [1.82, 2.24) is 5.43 Å². The van der Waals surface area contributed by atoms with Crippen molar-refractivity contribution in [3.63, 3.8) is 0 Å². The number of para-hydroxylation sites is 1. The predicted molar refractivity (Wildman–Crippen MR) is 127 cm³/mol. The number of aryl methyl sites for hydroxylation is 1. The molecule has 0 spiro atoms. The summed E-state index contributed by atoms with van der Waals surface area (Å²) < 4.78 is 0. The van der Waals surface area contributed by atoms with E-state index in [1.165, 1.54) is 5.56 Å². The number of thioether (sulfide) groups is 1. The lowest BCUT2D eigenvalue weighted by molar-refractivity contribution is -0.119. The number of rotatable bonds is 5. The summed E-state index contributed by atoms with van der Waals surface area (Å²) in [5.41, 5.74) is 7.93. The lowest BCUT2D eigenvalue weighted by atomic mass is 10.0. The maximum absolute atomic E-state index is 12.4. The third kappa shape index (κ3) is 5.21. The van der Waals surface area contributed by atoms with E-state index in [4.69, 9.17) is 0 Å².